The van der Waals surface area contributed by atoms with Gasteiger partial charge in [-0.2, -0.15) is 0 Å². The molecule has 1 aliphatic carbocycles. The van der Waals surface area contributed by atoms with E-state index in [0.29, 0.717) is 16.5 Å². The first-order valence-electron chi connectivity index (χ1n) is 8.50. The second-order valence-electron chi connectivity index (χ2n) is 6.43. The number of carbonyl (C=O) groups is 2. The lowest BCUT2D eigenvalue weighted by Crippen LogP contribution is -2.20. The number of thiophene rings is 1. The van der Waals surface area contributed by atoms with Gasteiger partial charge in [0.2, 0.25) is 0 Å². The van der Waals surface area contributed by atoms with Crippen LogP contribution in [0.1, 0.15) is 57.3 Å². The van der Waals surface area contributed by atoms with E-state index in [1.807, 2.05) is 0 Å². The third-order valence-electron chi connectivity index (χ3n) is 4.62. The molecule has 0 radical (unpaired) electrons. The van der Waals surface area contributed by atoms with Crippen molar-refractivity contribution in [3.05, 3.63) is 51.7 Å². The average molecular weight is 360 g/mol. The molecule has 132 valence electrons. The number of amides is 2. The van der Waals surface area contributed by atoms with Crippen LogP contribution >= 0.6 is 11.3 Å². The first kappa shape index (κ1) is 17.6. The molecule has 2 amide bonds. The Morgan fingerprint density at radius 2 is 2.20 bits per heavy atom. The van der Waals surface area contributed by atoms with Crippen LogP contribution in [0.2, 0.25) is 0 Å². The van der Waals surface area contributed by atoms with Gasteiger partial charge in [0.25, 0.3) is 11.8 Å². The number of hydrogen-bond acceptors (Lipinski definition) is 3. The van der Waals surface area contributed by atoms with E-state index in [1.165, 1.54) is 35.6 Å². The van der Waals surface area contributed by atoms with E-state index < -0.39 is 17.6 Å². The lowest BCUT2D eigenvalue weighted by Gasteiger charge is -2.21. The van der Waals surface area contributed by atoms with E-state index in [9.17, 15) is 14.0 Å². The fourth-order valence-electron chi connectivity index (χ4n) is 3.46. The summed E-state index contributed by atoms with van der Waals surface area (Å²) in [6, 6.07) is 5.47. The third kappa shape index (κ3) is 3.74. The summed E-state index contributed by atoms with van der Waals surface area (Å²) in [4.78, 5) is 25.5. The Bertz CT molecular complexity index is 816. The molecule has 25 heavy (non-hydrogen) atoms. The van der Waals surface area contributed by atoms with Gasteiger partial charge in [0, 0.05) is 10.4 Å². The molecule has 0 fully saturated rings. The fourth-order valence-corrected chi connectivity index (χ4v) is 4.82. The number of hydrogen-bond donors (Lipinski definition) is 2. The minimum atomic E-state index is -0.527. The number of benzene rings is 1. The number of nitrogens with two attached hydrogens (primary N) is 1. The SMILES string of the molecule is CCCC1CCc2c(sc(NC(=O)c3cccc(F)c3)c2C(N)=O)C1. The molecule has 1 aromatic carbocycles. The zero-order valence-corrected chi connectivity index (χ0v) is 14.9. The van der Waals surface area contributed by atoms with E-state index in [4.69, 9.17) is 5.73 Å². The maximum absolute atomic E-state index is 13.3. The van der Waals surface area contributed by atoms with Gasteiger partial charge in [0.05, 0.1) is 5.56 Å². The van der Waals surface area contributed by atoms with Gasteiger partial charge in [-0.25, -0.2) is 4.39 Å². The van der Waals surface area contributed by atoms with Crippen LogP contribution in [-0.2, 0) is 12.8 Å². The summed E-state index contributed by atoms with van der Waals surface area (Å²) < 4.78 is 13.3. The highest BCUT2D eigenvalue weighted by molar-refractivity contribution is 7.17. The van der Waals surface area contributed by atoms with Crippen LogP contribution < -0.4 is 11.1 Å². The van der Waals surface area contributed by atoms with E-state index in [1.54, 1.807) is 0 Å². The van der Waals surface area contributed by atoms with Gasteiger partial charge in [0.15, 0.2) is 0 Å². The molecule has 1 unspecified atom stereocenters. The quantitative estimate of drug-likeness (QED) is 0.841. The summed E-state index contributed by atoms with van der Waals surface area (Å²) in [5.41, 5.74) is 7.17. The number of anilines is 1. The van der Waals surface area contributed by atoms with E-state index >= 15 is 0 Å². The van der Waals surface area contributed by atoms with Gasteiger partial charge in [-0.05, 0) is 48.9 Å². The topological polar surface area (TPSA) is 72.2 Å². The molecule has 0 saturated carbocycles. The Balaban J connectivity index is 1.89. The molecule has 2 aromatic rings. The highest BCUT2D eigenvalue weighted by atomic mass is 32.1. The highest BCUT2D eigenvalue weighted by Gasteiger charge is 2.28. The maximum Gasteiger partial charge on any atom is 0.256 e. The first-order chi connectivity index (χ1) is 12.0. The van der Waals surface area contributed by atoms with Crippen molar-refractivity contribution in [3.8, 4) is 0 Å². The highest BCUT2D eigenvalue weighted by Crippen LogP contribution is 2.40. The lowest BCUT2D eigenvalue weighted by molar-refractivity contribution is 0.1000. The molecule has 3 rings (SSSR count). The van der Waals surface area contributed by atoms with Crippen LogP contribution in [0.3, 0.4) is 0 Å². The third-order valence-corrected chi connectivity index (χ3v) is 5.79. The monoisotopic (exact) mass is 360 g/mol. The Morgan fingerprint density at radius 3 is 2.88 bits per heavy atom. The van der Waals surface area contributed by atoms with Gasteiger partial charge in [-0.3, -0.25) is 9.59 Å². The number of primary amides is 1. The number of halogens is 1. The van der Waals surface area contributed by atoms with Crippen LogP contribution in [0.5, 0.6) is 0 Å². The Morgan fingerprint density at radius 1 is 1.40 bits per heavy atom. The standard InChI is InChI=1S/C19H21FN2O2S/c1-2-4-11-7-8-14-15(9-11)25-19(16(14)17(21)23)22-18(24)12-5-3-6-13(20)10-12/h3,5-6,10-11H,2,4,7-9H2,1H3,(H2,21,23)(H,22,24). The normalized spacial score (nSPS) is 16.3. The van der Waals surface area contributed by atoms with Crippen LogP contribution in [0.15, 0.2) is 24.3 Å². The van der Waals surface area contributed by atoms with E-state index in [0.717, 1.165) is 42.5 Å². The van der Waals surface area contributed by atoms with Gasteiger partial charge in [-0.1, -0.05) is 25.8 Å². The van der Waals surface area contributed by atoms with Gasteiger partial charge < -0.3 is 11.1 Å². The molecule has 1 heterocycles. The Hall–Kier alpha value is -2.21. The molecule has 0 spiro atoms. The number of rotatable bonds is 5. The minimum absolute atomic E-state index is 0.214. The molecule has 1 atom stereocenters. The van der Waals surface area contributed by atoms with Crippen molar-refractivity contribution >= 4 is 28.2 Å². The minimum Gasteiger partial charge on any atom is -0.365 e. The summed E-state index contributed by atoms with van der Waals surface area (Å²) in [6.45, 7) is 2.17. The van der Waals surface area contributed by atoms with Crippen molar-refractivity contribution in [1.29, 1.82) is 0 Å². The maximum atomic E-state index is 13.3. The van der Waals surface area contributed by atoms with Crippen LogP contribution in [0.25, 0.3) is 0 Å². The molecule has 0 saturated heterocycles. The van der Waals surface area contributed by atoms with Crippen molar-refractivity contribution in [2.24, 2.45) is 11.7 Å². The molecule has 1 aromatic heterocycles. The molecule has 1 aliphatic rings. The summed E-state index contributed by atoms with van der Waals surface area (Å²) >= 11 is 1.42. The van der Waals surface area contributed by atoms with Crippen LogP contribution in [0.4, 0.5) is 9.39 Å². The Kier molecular flexibility index (Phi) is 5.18. The molecule has 3 N–H and O–H groups in total. The summed E-state index contributed by atoms with van der Waals surface area (Å²) in [5, 5.41) is 3.23. The molecule has 0 aliphatic heterocycles. The van der Waals surface area contributed by atoms with E-state index in [2.05, 4.69) is 12.2 Å². The summed E-state index contributed by atoms with van der Waals surface area (Å²) in [6.07, 6.45) is 5.06. The number of nitrogens with one attached hydrogen (secondary N) is 1. The van der Waals surface area contributed by atoms with E-state index in [-0.39, 0.29) is 5.56 Å². The second kappa shape index (κ2) is 7.35. The summed E-state index contributed by atoms with van der Waals surface area (Å²) in [7, 11) is 0. The predicted molar refractivity (Wildman–Crippen MR) is 97.6 cm³/mol. The van der Waals surface area contributed by atoms with Crippen molar-refractivity contribution in [3.63, 3.8) is 0 Å². The number of carbonyl (C=O) groups excluding carboxylic acids is 2. The average Bonchev–Trinajstić information content (AvgIpc) is 2.92. The zero-order valence-electron chi connectivity index (χ0n) is 14.1. The van der Waals surface area contributed by atoms with Gasteiger partial charge in [-0.15, -0.1) is 11.3 Å². The van der Waals surface area contributed by atoms with Crippen molar-refractivity contribution in [2.45, 2.75) is 39.0 Å². The smallest absolute Gasteiger partial charge is 0.256 e. The molecule has 4 nitrogen and oxygen atoms in total. The summed E-state index contributed by atoms with van der Waals surface area (Å²) in [5.74, 6) is -0.828. The number of fused-ring (bicyclic) bond motifs is 1. The van der Waals surface area contributed by atoms with Gasteiger partial charge in [0.1, 0.15) is 10.8 Å². The van der Waals surface area contributed by atoms with Crippen molar-refractivity contribution in [1.82, 2.24) is 0 Å². The molecule has 0 bridgehead atoms. The largest absolute Gasteiger partial charge is 0.365 e. The van der Waals surface area contributed by atoms with Crippen molar-refractivity contribution < 1.29 is 14.0 Å². The Labute approximate surface area is 150 Å². The molecular weight excluding hydrogens is 339 g/mol. The molecule has 6 heteroatoms. The second-order valence-corrected chi connectivity index (χ2v) is 7.54. The van der Waals surface area contributed by atoms with Crippen LogP contribution in [-0.4, -0.2) is 11.8 Å². The first-order valence-corrected chi connectivity index (χ1v) is 9.32. The van der Waals surface area contributed by atoms with Crippen molar-refractivity contribution in [2.75, 3.05) is 5.32 Å². The van der Waals surface area contributed by atoms with Crippen LogP contribution in [0, 0.1) is 11.7 Å². The fraction of sp³-hybridized carbons (Fsp3) is 0.368. The molecular formula is C19H21FN2O2S. The van der Waals surface area contributed by atoms with Gasteiger partial charge >= 0.3 is 0 Å². The zero-order chi connectivity index (χ0) is 18.0. The predicted octanol–water partition coefficient (Wildman–Crippen LogP) is 4.14. The lowest BCUT2D eigenvalue weighted by atomic mass is 9.84.